The van der Waals surface area contributed by atoms with Crippen LogP contribution in [0.5, 0.6) is 0 Å². The van der Waals surface area contributed by atoms with E-state index < -0.39 is 34.1 Å². The number of nitrogens with one attached hydrogen (secondary N) is 1. The number of hydrogen-bond donors (Lipinski definition) is 2. The summed E-state index contributed by atoms with van der Waals surface area (Å²) in [6, 6.07) is 3.46. The summed E-state index contributed by atoms with van der Waals surface area (Å²) in [5.41, 5.74) is 4.18. The van der Waals surface area contributed by atoms with Gasteiger partial charge in [0.25, 0.3) is 0 Å². The molecule has 0 aromatic heterocycles. The van der Waals surface area contributed by atoms with Crippen LogP contribution in [-0.2, 0) is 23.0 Å². The van der Waals surface area contributed by atoms with Crippen molar-refractivity contribution in [3.05, 3.63) is 29.3 Å². The van der Waals surface area contributed by atoms with Crippen LogP contribution >= 0.6 is 0 Å². The van der Waals surface area contributed by atoms with Crippen molar-refractivity contribution in [2.75, 3.05) is 11.9 Å². The van der Waals surface area contributed by atoms with E-state index >= 15 is 0 Å². The molecule has 1 aromatic carbocycles. The maximum absolute atomic E-state index is 12.9. The van der Waals surface area contributed by atoms with Gasteiger partial charge in [0, 0.05) is 23.5 Å². The fraction of sp³-hybridized carbons (Fsp3) is 0.500. The molecule has 1 unspecified atom stereocenters. The van der Waals surface area contributed by atoms with Gasteiger partial charge in [0.05, 0.1) is 5.56 Å². The normalized spacial score (nSPS) is 14.2. The molecule has 1 aromatic rings. The average molecular weight is 309 g/mol. The van der Waals surface area contributed by atoms with Crippen LogP contribution in [-0.4, -0.2) is 20.8 Å². The molecule has 0 bridgehead atoms. The summed E-state index contributed by atoms with van der Waals surface area (Å²) in [5, 5.41) is 2.80. The highest BCUT2D eigenvalue weighted by Gasteiger charge is 2.33. The fourth-order valence-corrected chi connectivity index (χ4v) is 2.04. The van der Waals surface area contributed by atoms with Gasteiger partial charge in [0.2, 0.25) is 0 Å². The predicted molar refractivity (Wildman–Crippen MR) is 70.8 cm³/mol. The van der Waals surface area contributed by atoms with Crippen molar-refractivity contribution in [3.8, 4) is 0 Å². The summed E-state index contributed by atoms with van der Waals surface area (Å²) in [6.45, 7) is 3.76. The van der Waals surface area contributed by atoms with Crippen LogP contribution < -0.4 is 11.1 Å². The average Bonchev–Trinajstić information content (AvgIpc) is 2.24. The molecule has 0 aliphatic heterocycles. The van der Waals surface area contributed by atoms with Crippen molar-refractivity contribution in [3.63, 3.8) is 0 Å². The highest BCUT2D eigenvalue weighted by Crippen LogP contribution is 2.34. The molecule has 1 atom stereocenters. The minimum atomic E-state index is -4.61. The van der Waals surface area contributed by atoms with Crippen LogP contribution in [0.4, 0.5) is 18.9 Å². The van der Waals surface area contributed by atoms with Crippen LogP contribution in [0.1, 0.15) is 25.0 Å². The third-order valence-corrected chi connectivity index (χ3v) is 2.98. The van der Waals surface area contributed by atoms with Crippen molar-refractivity contribution in [2.24, 2.45) is 5.73 Å². The van der Waals surface area contributed by atoms with Gasteiger partial charge in [-0.25, -0.2) is 0 Å². The molecule has 114 valence electrons. The molecule has 8 heteroatoms. The summed E-state index contributed by atoms with van der Waals surface area (Å²) in [6.07, 6.45) is -4.61. The van der Waals surface area contributed by atoms with Gasteiger partial charge in [-0.15, -0.1) is 0 Å². The SMILES string of the molecule is CC(C)(N)CNc1ccc(CS(=O)[O-])c(C(F)(F)F)c1. The van der Waals surface area contributed by atoms with E-state index in [0.29, 0.717) is 0 Å². The summed E-state index contributed by atoms with van der Waals surface area (Å²) in [7, 11) is 0. The number of nitrogens with two attached hydrogens (primary N) is 1. The third-order valence-electron chi connectivity index (χ3n) is 2.44. The van der Waals surface area contributed by atoms with Crippen molar-refractivity contribution in [1.82, 2.24) is 0 Å². The molecule has 20 heavy (non-hydrogen) atoms. The Morgan fingerprint density at radius 3 is 2.40 bits per heavy atom. The molecule has 0 amide bonds. The van der Waals surface area contributed by atoms with Crippen molar-refractivity contribution in [2.45, 2.75) is 31.3 Å². The first-order chi connectivity index (χ1) is 8.99. The lowest BCUT2D eigenvalue weighted by Crippen LogP contribution is -2.39. The van der Waals surface area contributed by atoms with E-state index in [9.17, 15) is 21.9 Å². The number of alkyl halides is 3. The molecule has 0 fully saturated rings. The molecule has 0 aliphatic carbocycles. The second kappa shape index (κ2) is 6.11. The summed E-state index contributed by atoms with van der Waals surface area (Å²) in [4.78, 5) is 0. The monoisotopic (exact) mass is 309 g/mol. The second-order valence-corrected chi connectivity index (χ2v) is 6.06. The Labute approximate surface area is 117 Å². The van der Waals surface area contributed by atoms with E-state index in [4.69, 9.17) is 5.73 Å². The number of halogens is 3. The number of rotatable bonds is 5. The Balaban J connectivity index is 3.05. The van der Waals surface area contributed by atoms with Crippen LogP contribution in [0, 0.1) is 0 Å². The zero-order valence-electron chi connectivity index (χ0n) is 11.1. The molecule has 0 spiro atoms. The van der Waals surface area contributed by atoms with E-state index in [2.05, 4.69) is 5.32 Å². The highest BCUT2D eigenvalue weighted by atomic mass is 32.2. The maximum atomic E-state index is 12.9. The maximum Gasteiger partial charge on any atom is 0.416 e. The predicted octanol–water partition coefficient (Wildman–Crippen LogP) is 2.23. The quantitative estimate of drug-likeness (QED) is 0.818. The smallest absolute Gasteiger partial charge is 0.416 e. The van der Waals surface area contributed by atoms with Crippen LogP contribution in [0.3, 0.4) is 0 Å². The Morgan fingerprint density at radius 1 is 1.35 bits per heavy atom. The topological polar surface area (TPSA) is 78.2 Å². The highest BCUT2D eigenvalue weighted by molar-refractivity contribution is 7.78. The molecule has 3 N–H and O–H groups in total. The lowest BCUT2D eigenvalue weighted by Gasteiger charge is -2.21. The van der Waals surface area contributed by atoms with E-state index in [1.165, 1.54) is 6.07 Å². The molecule has 1 rings (SSSR count). The third kappa shape index (κ3) is 5.48. The van der Waals surface area contributed by atoms with Crippen molar-refractivity contribution < 1.29 is 21.9 Å². The largest absolute Gasteiger partial charge is 0.772 e. The minimum Gasteiger partial charge on any atom is -0.772 e. The lowest BCUT2D eigenvalue weighted by molar-refractivity contribution is -0.138. The Hall–Kier alpha value is -1.12. The molecule has 0 radical (unpaired) electrons. The summed E-state index contributed by atoms with van der Waals surface area (Å²) in [5.74, 6) is -0.669. The second-order valence-electron chi connectivity index (χ2n) is 5.16. The Kier molecular flexibility index (Phi) is 5.17. The van der Waals surface area contributed by atoms with Gasteiger partial charge >= 0.3 is 6.18 Å². The molecule has 0 saturated heterocycles. The lowest BCUT2D eigenvalue weighted by atomic mass is 10.1. The van der Waals surface area contributed by atoms with E-state index in [1.54, 1.807) is 13.8 Å². The first kappa shape index (κ1) is 16.9. The van der Waals surface area contributed by atoms with Gasteiger partial charge in [-0.1, -0.05) is 17.1 Å². The van der Waals surface area contributed by atoms with Gasteiger partial charge in [0.15, 0.2) is 0 Å². The first-order valence-electron chi connectivity index (χ1n) is 5.78. The Morgan fingerprint density at radius 2 is 1.95 bits per heavy atom. The number of anilines is 1. The minimum absolute atomic E-state index is 0.247. The molecule has 0 aliphatic rings. The molecular formula is C12H16F3N2O2S-. The van der Waals surface area contributed by atoms with Crippen LogP contribution in [0.15, 0.2) is 18.2 Å². The van der Waals surface area contributed by atoms with E-state index in [-0.39, 0.29) is 17.8 Å². The van der Waals surface area contributed by atoms with Gasteiger partial charge < -0.3 is 15.6 Å². The zero-order valence-corrected chi connectivity index (χ0v) is 11.9. The van der Waals surface area contributed by atoms with Gasteiger partial charge in [-0.05, 0) is 31.5 Å². The van der Waals surface area contributed by atoms with Crippen LogP contribution in [0.25, 0.3) is 0 Å². The molecular weight excluding hydrogens is 293 g/mol. The standard InChI is InChI=1S/C12H17F3N2O2S/c1-11(2,16)7-17-9-4-3-8(6-20(18)19)10(5-9)12(13,14)15/h3-5,17H,6-7,16H2,1-2H3,(H,18,19)/p-1. The number of benzene rings is 1. The summed E-state index contributed by atoms with van der Waals surface area (Å²) < 4.78 is 59.9. The molecule has 0 saturated carbocycles. The summed E-state index contributed by atoms with van der Waals surface area (Å²) >= 11 is -2.58. The van der Waals surface area contributed by atoms with E-state index in [1.807, 2.05) is 0 Å². The van der Waals surface area contributed by atoms with Gasteiger partial charge in [0.1, 0.15) is 0 Å². The van der Waals surface area contributed by atoms with Crippen LogP contribution in [0.2, 0.25) is 0 Å². The molecule has 4 nitrogen and oxygen atoms in total. The number of hydrogen-bond acceptors (Lipinski definition) is 4. The van der Waals surface area contributed by atoms with Crippen molar-refractivity contribution in [1.29, 1.82) is 0 Å². The zero-order chi connectivity index (χ0) is 15.6. The fourth-order valence-electron chi connectivity index (χ4n) is 1.53. The van der Waals surface area contributed by atoms with Crippen molar-refractivity contribution >= 4 is 16.8 Å². The molecule has 0 heterocycles. The van der Waals surface area contributed by atoms with Gasteiger partial charge in [-0.2, -0.15) is 13.2 Å². The first-order valence-corrected chi connectivity index (χ1v) is 7.02. The van der Waals surface area contributed by atoms with Gasteiger partial charge in [-0.3, -0.25) is 4.21 Å². The Bertz CT molecular complexity index is 498. The van der Waals surface area contributed by atoms with E-state index in [0.717, 1.165) is 12.1 Å².